The Kier molecular flexibility index (Phi) is 6.94. The first kappa shape index (κ1) is 21.4. The molecule has 3 rings (SSSR count). The second kappa shape index (κ2) is 9.43. The number of methoxy groups -OCH3 is 1. The van der Waals surface area contributed by atoms with Crippen LogP contribution in [-0.4, -0.2) is 45.4 Å². The lowest BCUT2D eigenvalue weighted by molar-refractivity contribution is -0.115. The van der Waals surface area contributed by atoms with Crippen LogP contribution in [0.15, 0.2) is 45.9 Å². The Balaban J connectivity index is 1.70. The monoisotopic (exact) mass is 421 g/mol. The number of ether oxygens (including phenoxy) is 1. The molecule has 1 fully saturated rings. The standard InChI is InChI=1S/C20H27N3O5S/c1-15(18-7-6-12-28-18)21-14-20(24)22-17-13-16(8-9-19(17)27-2)29(25,26)23-10-4-3-5-11-23/h6-9,12-13,15,21H,3-5,10-11,14H2,1-2H3,(H,22,24)/t15-/m0/s1. The molecular formula is C20H27N3O5S. The Hall–Kier alpha value is -2.36. The number of carbonyl (C=O) groups is 1. The average Bonchev–Trinajstić information content (AvgIpc) is 3.27. The number of nitrogens with one attached hydrogen (secondary N) is 2. The molecule has 0 radical (unpaired) electrons. The summed E-state index contributed by atoms with van der Waals surface area (Å²) in [6.07, 6.45) is 4.34. The van der Waals surface area contributed by atoms with Crippen LogP contribution in [0.5, 0.6) is 5.75 Å². The SMILES string of the molecule is COc1ccc(S(=O)(=O)N2CCCCC2)cc1NC(=O)CN[C@@H](C)c1ccco1. The number of anilines is 1. The highest BCUT2D eigenvalue weighted by atomic mass is 32.2. The first-order chi connectivity index (χ1) is 13.9. The highest BCUT2D eigenvalue weighted by molar-refractivity contribution is 7.89. The highest BCUT2D eigenvalue weighted by Crippen LogP contribution is 2.30. The number of rotatable bonds is 8. The first-order valence-corrected chi connectivity index (χ1v) is 11.1. The van der Waals surface area contributed by atoms with Gasteiger partial charge < -0.3 is 14.5 Å². The van der Waals surface area contributed by atoms with Gasteiger partial charge in [-0.25, -0.2) is 8.42 Å². The molecule has 0 spiro atoms. The van der Waals surface area contributed by atoms with Crippen molar-refractivity contribution in [3.05, 3.63) is 42.4 Å². The third kappa shape index (κ3) is 5.17. The second-order valence-corrected chi connectivity index (χ2v) is 8.93. The van der Waals surface area contributed by atoms with Crippen LogP contribution in [0.2, 0.25) is 0 Å². The van der Waals surface area contributed by atoms with E-state index in [1.165, 1.54) is 23.5 Å². The number of hydrogen-bond acceptors (Lipinski definition) is 6. The van der Waals surface area contributed by atoms with Crippen LogP contribution in [0.4, 0.5) is 5.69 Å². The summed E-state index contributed by atoms with van der Waals surface area (Å²) in [5.74, 6) is 0.814. The summed E-state index contributed by atoms with van der Waals surface area (Å²) in [5.41, 5.74) is 0.322. The normalized spacial score (nSPS) is 16.3. The molecule has 1 aliphatic rings. The molecule has 0 unspecified atom stereocenters. The summed E-state index contributed by atoms with van der Waals surface area (Å²) >= 11 is 0. The lowest BCUT2D eigenvalue weighted by Crippen LogP contribution is -2.35. The molecule has 1 atom stereocenters. The van der Waals surface area contributed by atoms with Gasteiger partial charge in [-0.15, -0.1) is 0 Å². The fourth-order valence-electron chi connectivity index (χ4n) is 3.28. The lowest BCUT2D eigenvalue weighted by Gasteiger charge is -2.26. The molecule has 0 aliphatic carbocycles. The number of carbonyl (C=O) groups excluding carboxylic acids is 1. The van der Waals surface area contributed by atoms with Gasteiger partial charge in [0.25, 0.3) is 0 Å². The Morgan fingerprint density at radius 3 is 2.66 bits per heavy atom. The molecule has 1 aliphatic heterocycles. The first-order valence-electron chi connectivity index (χ1n) is 9.66. The van der Waals surface area contributed by atoms with Crippen LogP contribution in [0, 0.1) is 0 Å². The number of benzene rings is 1. The van der Waals surface area contributed by atoms with Gasteiger partial charge >= 0.3 is 0 Å². The molecule has 0 bridgehead atoms. The van der Waals surface area contributed by atoms with E-state index < -0.39 is 10.0 Å². The third-order valence-electron chi connectivity index (χ3n) is 4.94. The Labute approximate surface area is 171 Å². The predicted molar refractivity (Wildman–Crippen MR) is 109 cm³/mol. The number of hydrogen-bond donors (Lipinski definition) is 2. The molecule has 8 nitrogen and oxygen atoms in total. The van der Waals surface area contributed by atoms with Crippen molar-refractivity contribution in [1.82, 2.24) is 9.62 Å². The van der Waals surface area contributed by atoms with Gasteiger partial charge in [-0.05, 0) is 50.1 Å². The van der Waals surface area contributed by atoms with Crippen molar-refractivity contribution in [2.75, 3.05) is 32.1 Å². The molecule has 158 valence electrons. The fraction of sp³-hybridized carbons (Fsp3) is 0.450. The van der Waals surface area contributed by atoms with Crippen LogP contribution < -0.4 is 15.4 Å². The van der Waals surface area contributed by atoms with Crippen molar-refractivity contribution >= 4 is 21.6 Å². The smallest absolute Gasteiger partial charge is 0.243 e. The zero-order chi connectivity index (χ0) is 20.9. The maximum absolute atomic E-state index is 12.9. The van der Waals surface area contributed by atoms with Crippen LogP contribution in [0.1, 0.15) is 38.0 Å². The minimum Gasteiger partial charge on any atom is -0.495 e. The molecule has 29 heavy (non-hydrogen) atoms. The molecule has 1 aromatic heterocycles. The van der Waals surface area contributed by atoms with Gasteiger partial charge in [-0.2, -0.15) is 4.31 Å². The third-order valence-corrected chi connectivity index (χ3v) is 6.83. The lowest BCUT2D eigenvalue weighted by atomic mass is 10.2. The van der Waals surface area contributed by atoms with Crippen molar-refractivity contribution in [1.29, 1.82) is 0 Å². The van der Waals surface area contributed by atoms with E-state index in [2.05, 4.69) is 10.6 Å². The molecule has 1 saturated heterocycles. The van der Waals surface area contributed by atoms with E-state index in [1.807, 2.05) is 13.0 Å². The summed E-state index contributed by atoms with van der Waals surface area (Å²) in [5, 5.41) is 5.80. The van der Waals surface area contributed by atoms with Gasteiger partial charge in [0.05, 0.1) is 36.5 Å². The molecule has 2 N–H and O–H groups in total. The number of sulfonamides is 1. The number of amides is 1. The number of piperidine rings is 1. The Morgan fingerprint density at radius 2 is 2.00 bits per heavy atom. The zero-order valence-corrected chi connectivity index (χ0v) is 17.5. The van der Waals surface area contributed by atoms with E-state index in [0.29, 0.717) is 24.5 Å². The number of nitrogens with zero attached hydrogens (tertiary/aromatic N) is 1. The van der Waals surface area contributed by atoms with Crippen molar-refractivity contribution < 1.29 is 22.4 Å². The van der Waals surface area contributed by atoms with Gasteiger partial charge in [0.2, 0.25) is 15.9 Å². The van der Waals surface area contributed by atoms with Crippen molar-refractivity contribution in [3.8, 4) is 5.75 Å². The van der Waals surface area contributed by atoms with Crippen LogP contribution in [0.25, 0.3) is 0 Å². The van der Waals surface area contributed by atoms with Crippen molar-refractivity contribution in [3.63, 3.8) is 0 Å². The Bertz CT molecular complexity index is 922. The minimum absolute atomic E-state index is 0.0358. The van der Waals surface area contributed by atoms with Crippen molar-refractivity contribution in [2.45, 2.75) is 37.1 Å². The summed E-state index contributed by atoms with van der Waals surface area (Å²) < 4.78 is 37.9. The van der Waals surface area contributed by atoms with E-state index in [-0.39, 0.29) is 23.4 Å². The van der Waals surface area contributed by atoms with E-state index in [9.17, 15) is 13.2 Å². The average molecular weight is 422 g/mol. The quantitative estimate of drug-likeness (QED) is 0.680. The van der Waals surface area contributed by atoms with E-state index in [4.69, 9.17) is 9.15 Å². The fourth-order valence-corrected chi connectivity index (χ4v) is 4.82. The molecule has 1 amide bonds. The minimum atomic E-state index is -3.60. The summed E-state index contributed by atoms with van der Waals surface area (Å²) in [4.78, 5) is 12.5. The van der Waals surface area contributed by atoms with Crippen LogP contribution in [-0.2, 0) is 14.8 Å². The Morgan fingerprint density at radius 1 is 1.24 bits per heavy atom. The van der Waals surface area contributed by atoms with E-state index in [0.717, 1.165) is 25.0 Å². The van der Waals surface area contributed by atoms with Gasteiger partial charge in [0, 0.05) is 13.1 Å². The van der Waals surface area contributed by atoms with Crippen LogP contribution in [0.3, 0.4) is 0 Å². The molecule has 9 heteroatoms. The van der Waals surface area contributed by atoms with E-state index >= 15 is 0 Å². The van der Waals surface area contributed by atoms with Crippen molar-refractivity contribution in [2.24, 2.45) is 0 Å². The van der Waals surface area contributed by atoms with Gasteiger partial charge in [-0.1, -0.05) is 6.42 Å². The number of furan rings is 1. The van der Waals surface area contributed by atoms with Gasteiger partial charge in [0.1, 0.15) is 11.5 Å². The summed E-state index contributed by atoms with van der Waals surface area (Å²) in [6, 6.07) is 8.00. The molecule has 2 aromatic rings. The second-order valence-electron chi connectivity index (χ2n) is 6.99. The molecule has 0 saturated carbocycles. The predicted octanol–water partition coefficient (Wildman–Crippen LogP) is 2.75. The highest BCUT2D eigenvalue weighted by Gasteiger charge is 2.27. The maximum Gasteiger partial charge on any atom is 0.243 e. The molecule has 2 heterocycles. The van der Waals surface area contributed by atoms with E-state index in [1.54, 1.807) is 18.4 Å². The summed E-state index contributed by atoms with van der Waals surface area (Å²) in [7, 11) is -2.13. The molecule has 1 aromatic carbocycles. The summed E-state index contributed by atoms with van der Waals surface area (Å²) in [6.45, 7) is 2.96. The molecular weight excluding hydrogens is 394 g/mol. The van der Waals surface area contributed by atoms with Crippen LogP contribution >= 0.6 is 0 Å². The topological polar surface area (TPSA) is 101 Å². The maximum atomic E-state index is 12.9. The van der Waals surface area contributed by atoms with Gasteiger partial charge in [-0.3, -0.25) is 10.1 Å². The van der Waals surface area contributed by atoms with Gasteiger partial charge in [0.15, 0.2) is 0 Å². The zero-order valence-electron chi connectivity index (χ0n) is 16.7. The largest absolute Gasteiger partial charge is 0.495 e.